The van der Waals surface area contributed by atoms with Gasteiger partial charge in [-0.25, -0.2) is 21.2 Å². The largest absolute Gasteiger partial charge is 0.494 e. The summed E-state index contributed by atoms with van der Waals surface area (Å²) in [5.41, 5.74) is 2.40. The molecule has 0 aliphatic rings. The number of benzene rings is 3. The van der Waals surface area contributed by atoms with E-state index in [1.807, 2.05) is 13.0 Å². The molecule has 3 rings (SSSR count). The van der Waals surface area contributed by atoms with Crippen molar-refractivity contribution in [3.63, 3.8) is 0 Å². The highest BCUT2D eigenvalue weighted by Crippen LogP contribution is 2.25. The predicted octanol–water partition coefficient (Wildman–Crippen LogP) is 4.05. The third kappa shape index (κ3) is 5.15. The van der Waals surface area contributed by atoms with E-state index in [0.29, 0.717) is 5.69 Å². The monoisotopic (exact) mass is 464 g/mol. The third-order valence-electron chi connectivity index (χ3n) is 4.48. The molecule has 0 aromatic heterocycles. The minimum absolute atomic E-state index is 0.0288. The van der Waals surface area contributed by atoms with Crippen molar-refractivity contribution in [1.82, 2.24) is 0 Å². The van der Waals surface area contributed by atoms with Gasteiger partial charge in [0.05, 0.1) is 22.6 Å². The molecular weight excluding hydrogens is 443 g/mol. The maximum absolute atomic E-state index is 13.5. The summed E-state index contributed by atoms with van der Waals surface area (Å²) >= 11 is 0. The van der Waals surface area contributed by atoms with E-state index in [0.717, 1.165) is 29.3 Å². The van der Waals surface area contributed by atoms with Crippen molar-refractivity contribution in [3.05, 3.63) is 77.6 Å². The fourth-order valence-electron chi connectivity index (χ4n) is 2.86. The van der Waals surface area contributed by atoms with Crippen molar-refractivity contribution in [3.8, 4) is 5.75 Å². The molecule has 0 amide bonds. The van der Waals surface area contributed by atoms with Crippen LogP contribution in [0.2, 0.25) is 0 Å². The van der Waals surface area contributed by atoms with Crippen LogP contribution >= 0.6 is 0 Å². The SMILES string of the molecule is COc1cc(S(=O)(=O)Nc2ccc(S(=O)(=O)Nc3ccc(C)cc3C)cc2)ccc1F. The maximum atomic E-state index is 13.5. The number of halogens is 1. The molecule has 3 aromatic carbocycles. The van der Waals surface area contributed by atoms with Gasteiger partial charge in [0.2, 0.25) is 0 Å². The molecule has 0 aliphatic carbocycles. The molecule has 0 saturated carbocycles. The molecule has 0 heterocycles. The van der Waals surface area contributed by atoms with Crippen molar-refractivity contribution in [1.29, 1.82) is 0 Å². The van der Waals surface area contributed by atoms with Gasteiger partial charge >= 0.3 is 0 Å². The molecule has 0 atom stereocenters. The van der Waals surface area contributed by atoms with Crippen LogP contribution in [0.1, 0.15) is 11.1 Å². The first-order valence-electron chi connectivity index (χ1n) is 9.08. The van der Waals surface area contributed by atoms with Gasteiger partial charge in [-0.15, -0.1) is 0 Å². The summed E-state index contributed by atoms with van der Waals surface area (Å²) < 4.78 is 73.6. The quantitative estimate of drug-likeness (QED) is 0.549. The topological polar surface area (TPSA) is 102 Å². The van der Waals surface area contributed by atoms with Crippen LogP contribution in [0, 0.1) is 19.7 Å². The zero-order valence-corrected chi connectivity index (χ0v) is 18.6. The molecule has 0 spiro atoms. The Morgan fingerprint density at radius 2 is 1.39 bits per heavy atom. The molecule has 31 heavy (non-hydrogen) atoms. The zero-order valence-electron chi connectivity index (χ0n) is 17.0. The lowest BCUT2D eigenvalue weighted by molar-refractivity contribution is 0.385. The van der Waals surface area contributed by atoms with Gasteiger partial charge in [-0.05, 0) is 61.9 Å². The van der Waals surface area contributed by atoms with Gasteiger partial charge in [0.1, 0.15) is 0 Å². The Kier molecular flexibility index (Phi) is 6.23. The highest BCUT2D eigenvalue weighted by Gasteiger charge is 2.19. The van der Waals surface area contributed by atoms with E-state index < -0.39 is 25.9 Å². The molecule has 0 aliphatic heterocycles. The summed E-state index contributed by atoms with van der Waals surface area (Å²) in [5, 5.41) is 0. The smallest absolute Gasteiger partial charge is 0.262 e. The van der Waals surface area contributed by atoms with Crippen molar-refractivity contribution in [2.75, 3.05) is 16.6 Å². The van der Waals surface area contributed by atoms with Crippen LogP contribution < -0.4 is 14.2 Å². The number of hydrogen-bond acceptors (Lipinski definition) is 5. The number of aryl methyl sites for hydroxylation is 2. The lowest BCUT2D eigenvalue weighted by Gasteiger charge is -2.12. The molecule has 7 nitrogen and oxygen atoms in total. The van der Waals surface area contributed by atoms with E-state index in [2.05, 4.69) is 9.44 Å². The normalized spacial score (nSPS) is 11.7. The van der Waals surface area contributed by atoms with E-state index in [1.54, 1.807) is 19.1 Å². The standard InChI is InChI=1S/C21H21FN2O5S2/c1-14-4-11-20(15(2)12-14)24-30(25,26)17-7-5-16(6-8-17)23-31(27,28)18-9-10-19(22)21(13-18)29-3/h4-13,23-24H,1-3H3. The summed E-state index contributed by atoms with van der Waals surface area (Å²) in [7, 11) is -6.66. The van der Waals surface area contributed by atoms with Crippen molar-refractivity contribution < 1.29 is 26.0 Å². The van der Waals surface area contributed by atoms with Crippen LogP contribution in [0.3, 0.4) is 0 Å². The van der Waals surface area contributed by atoms with Crippen LogP contribution in [0.4, 0.5) is 15.8 Å². The molecule has 0 unspecified atom stereocenters. The summed E-state index contributed by atoms with van der Waals surface area (Å²) in [6.07, 6.45) is 0. The molecule has 2 N–H and O–H groups in total. The first-order valence-corrected chi connectivity index (χ1v) is 12.0. The van der Waals surface area contributed by atoms with Crippen LogP contribution in [0.5, 0.6) is 5.75 Å². The van der Waals surface area contributed by atoms with Crippen molar-refractivity contribution in [2.24, 2.45) is 0 Å². The highest BCUT2D eigenvalue weighted by atomic mass is 32.2. The molecule has 0 radical (unpaired) electrons. The Morgan fingerprint density at radius 1 is 0.774 bits per heavy atom. The Labute approximate surface area is 181 Å². The van der Waals surface area contributed by atoms with Gasteiger partial charge in [-0.1, -0.05) is 17.7 Å². The van der Waals surface area contributed by atoms with Gasteiger partial charge in [-0.3, -0.25) is 9.44 Å². The molecule has 0 bridgehead atoms. The van der Waals surface area contributed by atoms with Crippen molar-refractivity contribution in [2.45, 2.75) is 23.6 Å². The van der Waals surface area contributed by atoms with E-state index in [1.165, 1.54) is 31.4 Å². The van der Waals surface area contributed by atoms with Gasteiger partial charge in [0, 0.05) is 11.8 Å². The van der Waals surface area contributed by atoms with Crippen LogP contribution in [-0.4, -0.2) is 23.9 Å². The van der Waals surface area contributed by atoms with Crippen LogP contribution in [0.25, 0.3) is 0 Å². The summed E-state index contributed by atoms with van der Waals surface area (Å²) in [6.45, 7) is 3.71. The van der Waals surface area contributed by atoms with Gasteiger partial charge in [0.15, 0.2) is 11.6 Å². The molecule has 3 aromatic rings. The minimum atomic E-state index is -4.03. The highest BCUT2D eigenvalue weighted by molar-refractivity contribution is 7.93. The zero-order chi connectivity index (χ0) is 22.8. The second-order valence-electron chi connectivity index (χ2n) is 6.85. The Balaban J connectivity index is 1.80. The predicted molar refractivity (Wildman–Crippen MR) is 117 cm³/mol. The summed E-state index contributed by atoms with van der Waals surface area (Å²) in [6, 6.07) is 13.7. The number of hydrogen-bond donors (Lipinski definition) is 2. The first-order chi connectivity index (χ1) is 14.5. The van der Waals surface area contributed by atoms with E-state index in [9.17, 15) is 21.2 Å². The van der Waals surface area contributed by atoms with E-state index >= 15 is 0 Å². The third-order valence-corrected chi connectivity index (χ3v) is 7.24. The fraction of sp³-hybridized carbons (Fsp3) is 0.143. The fourth-order valence-corrected chi connectivity index (χ4v) is 5.06. The number of nitrogens with one attached hydrogen (secondary N) is 2. The van der Waals surface area contributed by atoms with Gasteiger partial charge in [-0.2, -0.15) is 0 Å². The Hall–Kier alpha value is -3.11. The van der Waals surface area contributed by atoms with Gasteiger partial charge < -0.3 is 4.74 Å². The van der Waals surface area contributed by atoms with Crippen LogP contribution in [-0.2, 0) is 20.0 Å². The lowest BCUT2D eigenvalue weighted by Crippen LogP contribution is -2.15. The lowest BCUT2D eigenvalue weighted by atomic mass is 10.1. The summed E-state index contributed by atoms with van der Waals surface area (Å²) in [5.74, 6) is -0.894. The summed E-state index contributed by atoms with van der Waals surface area (Å²) in [4.78, 5) is -0.224. The molecule has 10 heteroatoms. The second kappa shape index (κ2) is 8.56. The number of anilines is 2. The molecule has 0 fully saturated rings. The number of ether oxygens (including phenoxy) is 1. The maximum Gasteiger partial charge on any atom is 0.262 e. The van der Waals surface area contributed by atoms with Crippen LogP contribution in [0.15, 0.2) is 70.5 Å². The second-order valence-corrected chi connectivity index (χ2v) is 10.2. The van der Waals surface area contributed by atoms with Gasteiger partial charge in [0.25, 0.3) is 20.0 Å². The van der Waals surface area contributed by atoms with E-state index in [-0.39, 0.29) is 21.2 Å². The molecule has 164 valence electrons. The molecular formula is C21H21FN2O5S2. The number of methoxy groups -OCH3 is 1. The minimum Gasteiger partial charge on any atom is -0.494 e. The van der Waals surface area contributed by atoms with E-state index in [4.69, 9.17) is 4.74 Å². The van der Waals surface area contributed by atoms with Crippen molar-refractivity contribution >= 4 is 31.4 Å². The Morgan fingerprint density at radius 3 is 2.00 bits per heavy atom. The average Bonchev–Trinajstić information content (AvgIpc) is 2.70. The number of sulfonamides is 2. The average molecular weight is 465 g/mol. The molecule has 0 saturated heterocycles. The first kappa shape index (κ1) is 22.6. The number of rotatable bonds is 7. The Bertz CT molecular complexity index is 1320.